The van der Waals surface area contributed by atoms with Crippen LogP contribution in [0.15, 0.2) is 30.3 Å². The van der Waals surface area contributed by atoms with E-state index in [2.05, 4.69) is 10.6 Å². The zero-order chi connectivity index (χ0) is 15.0. The van der Waals surface area contributed by atoms with Crippen molar-refractivity contribution in [2.24, 2.45) is 5.92 Å². The first-order valence-electron chi connectivity index (χ1n) is 6.80. The zero-order valence-corrected chi connectivity index (χ0v) is 11.9. The average Bonchev–Trinajstić information content (AvgIpc) is 2.39. The maximum atomic E-state index is 11.6. The van der Waals surface area contributed by atoms with E-state index in [-0.39, 0.29) is 12.1 Å². The zero-order valence-electron chi connectivity index (χ0n) is 11.9. The second kappa shape index (κ2) is 8.19. The van der Waals surface area contributed by atoms with Crippen molar-refractivity contribution in [2.45, 2.75) is 32.7 Å². The summed E-state index contributed by atoms with van der Waals surface area (Å²) in [5.41, 5.74) is 1.17. The number of carbonyl (C=O) groups excluding carboxylic acids is 1. The Bertz CT molecular complexity index is 434. The third-order valence-electron chi connectivity index (χ3n) is 3.05. The number of nitrogens with one attached hydrogen (secondary N) is 2. The van der Waals surface area contributed by atoms with Gasteiger partial charge in [0.2, 0.25) is 0 Å². The molecule has 1 rings (SSSR count). The van der Waals surface area contributed by atoms with Crippen molar-refractivity contribution in [3.05, 3.63) is 35.9 Å². The molecule has 5 heteroatoms. The lowest BCUT2D eigenvalue weighted by atomic mass is 10.1. The molecule has 0 radical (unpaired) electrons. The van der Waals surface area contributed by atoms with Crippen LogP contribution in [-0.2, 0) is 11.2 Å². The minimum atomic E-state index is -0.843. The highest BCUT2D eigenvalue weighted by molar-refractivity contribution is 5.74. The van der Waals surface area contributed by atoms with Crippen molar-refractivity contribution in [3.63, 3.8) is 0 Å². The van der Waals surface area contributed by atoms with E-state index in [0.29, 0.717) is 13.0 Å². The average molecular weight is 278 g/mol. The molecule has 2 atom stereocenters. The van der Waals surface area contributed by atoms with Gasteiger partial charge in [0.05, 0.1) is 5.92 Å². The fourth-order valence-electron chi connectivity index (χ4n) is 1.82. The molecule has 3 N–H and O–H groups in total. The highest BCUT2D eigenvalue weighted by Gasteiger charge is 2.11. The second-order valence-electron chi connectivity index (χ2n) is 5.02. The number of rotatable bonds is 7. The van der Waals surface area contributed by atoms with E-state index >= 15 is 0 Å². The molecule has 0 aliphatic rings. The number of urea groups is 1. The molecule has 0 aliphatic carbocycles. The number of carboxylic acids is 1. The summed E-state index contributed by atoms with van der Waals surface area (Å²) >= 11 is 0. The summed E-state index contributed by atoms with van der Waals surface area (Å²) in [5.74, 6) is -1.29. The predicted octanol–water partition coefficient (Wildman–Crippen LogP) is 2.03. The van der Waals surface area contributed by atoms with Crippen molar-refractivity contribution in [1.29, 1.82) is 0 Å². The molecular formula is C15H22N2O3. The van der Waals surface area contributed by atoms with E-state index in [1.54, 1.807) is 6.92 Å². The Kier molecular flexibility index (Phi) is 6.56. The molecule has 5 nitrogen and oxygen atoms in total. The van der Waals surface area contributed by atoms with E-state index in [0.717, 1.165) is 6.42 Å². The first-order valence-corrected chi connectivity index (χ1v) is 6.80. The molecule has 0 bridgehead atoms. The fourth-order valence-corrected chi connectivity index (χ4v) is 1.82. The van der Waals surface area contributed by atoms with Crippen molar-refractivity contribution in [3.8, 4) is 0 Å². The summed E-state index contributed by atoms with van der Waals surface area (Å²) in [6.45, 7) is 3.92. The minimum Gasteiger partial charge on any atom is -0.481 e. The third kappa shape index (κ3) is 6.22. The van der Waals surface area contributed by atoms with Crippen LogP contribution in [0.25, 0.3) is 0 Å². The topological polar surface area (TPSA) is 78.4 Å². The molecule has 1 aromatic carbocycles. The Morgan fingerprint density at radius 1 is 1.20 bits per heavy atom. The molecule has 2 amide bonds. The van der Waals surface area contributed by atoms with Crippen molar-refractivity contribution in [1.82, 2.24) is 10.6 Å². The Morgan fingerprint density at radius 3 is 2.45 bits per heavy atom. The second-order valence-corrected chi connectivity index (χ2v) is 5.02. The molecule has 0 saturated carbocycles. The van der Waals surface area contributed by atoms with Gasteiger partial charge in [0.15, 0.2) is 0 Å². The van der Waals surface area contributed by atoms with Gasteiger partial charge in [-0.1, -0.05) is 37.3 Å². The van der Waals surface area contributed by atoms with Gasteiger partial charge in [-0.15, -0.1) is 0 Å². The summed E-state index contributed by atoms with van der Waals surface area (Å²) in [6, 6.07) is 9.69. The first kappa shape index (κ1) is 16.0. The summed E-state index contributed by atoms with van der Waals surface area (Å²) < 4.78 is 0. The molecular weight excluding hydrogens is 256 g/mol. The number of benzene rings is 1. The van der Waals surface area contributed by atoms with E-state index in [1.807, 2.05) is 37.3 Å². The van der Waals surface area contributed by atoms with Crippen LogP contribution >= 0.6 is 0 Å². The largest absolute Gasteiger partial charge is 0.481 e. The van der Waals surface area contributed by atoms with Gasteiger partial charge in [0, 0.05) is 12.6 Å². The van der Waals surface area contributed by atoms with Crippen molar-refractivity contribution in [2.75, 3.05) is 6.54 Å². The summed E-state index contributed by atoms with van der Waals surface area (Å²) in [5, 5.41) is 14.2. The quantitative estimate of drug-likeness (QED) is 0.714. The van der Waals surface area contributed by atoms with Crippen LogP contribution in [0, 0.1) is 5.92 Å². The van der Waals surface area contributed by atoms with E-state index < -0.39 is 11.9 Å². The molecule has 0 aromatic heterocycles. The molecule has 0 saturated heterocycles. The van der Waals surface area contributed by atoms with Gasteiger partial charge in [-0.3, -0.25) is 4.79 Å². The van der Waals surface area contributed by atoms with Gasteiger partial charge in [0.1, 0.15) is 0 Å². The number of carbonyl (C=O) groups is 2. The van der Waals surface area contributed by atoms with Crippen LogP contribution in [0.3, 0.4) is 0 Å². The maximum absolute atomic E-state index is 11.6. The lowest BCUT2D eigenvalue weighted by Crippen LogP contribution is -2.42. The van der Waals surface area contributed by atoms with Crippen LogP contribution in [-0.4, -0.2) is 29.7 Å². The molecule has 20 heavy (non-hydrogen) atoms. The van der Waals surface area contributed by atoms with Crippen molar-refractivity contribution < 1.29 is 14.7 Å². The van der Waals surface area contributed by atoms with Crippen LogP contribution < -0.4 is 10.6 Å². The number of carboxylic acid groups (broad SMARTS) is 1. The monoisotopic (exact) mass is 278 g/mol. The Balaban J connectivity index is 2.23. The standard InChI is InChI=1S/C15H22N2O3/c1-11(14(18)19)8-9-16-15(20)17-12(2)10-13-6-4-3-5-7-13/h3-7,11-12H,8-10H2,1-2H3,(H,18,19)(H2,16,17,20). The Hall–Kier alpha value is -2.04. The van der Waals surface area contributed by atoms with Crippen LogP contribution in [0.1, 0.15) is 25.8 Å². The lowest BCUT2D eigenvalue weighted by Gasteiger charge is -2.15. The molecule has 0 heterocycles. The number of amides is 2. The van der Waals surface area contributed by atoms with Gasteiger partial charge in [-0.05, 0) is 25.3 Å². The molecule has 110 valence electrons. The fraction of sp³-hybridized carbons (Fsp3) is 0.467. The molecule has 0 fully saturated rings. The Labute approximate surface area is 119 Å². The maximum Gasteiger partial charge on any atom is 0.315 e. The molecule has 0 aliphatic heterocycles. The van der Waals surface area contributed by atoms with Gasteiger partial charge in [-0.2, -0.15) is 0 Å². The summed E-state index contributed by atoms with van der Waals surface area (Å²) in [7, 11) is 0. The van der Waals surface area contributed by atoms with Gasteiger partial charge < -0.3 is 15.7 Å². The van der Waals surface area contributed by atoms with E-state index in [4.69, 9.17) is 5.11 Å². The SMILES string of the molecule is CC(Cc1ccccc1)NC(=O)NCCC(C)C(=O)O. The first-order chi connectivity index (χ1) is 9.49. The highest BCUT2D eigenvalue weighted by atomic mass is 16.4. The van der Waals surface area contributed by atoms with Gasteiger partial charge >= 0.3 is 12.0 Å². The third-order valence-corrected chi connectivity index (χ3v) is 3.05. The number of hydrogen-bond donors (Lipinski definition) is 3. The number of hydrogen-bond acceptors (Lipinski definition) is 2. The van der Waals surface area contributed by atoms with Crippen LogP contribution in [0.5, 0.6) is 0 Å². The van der Waals surface area contributed by atoms with E-state index in [9.17, 15) is 9.59 Å². The smallest absolute Gasteiger partial charge is 0.315 e. The highest BCUT2D eigenvalue weighted by Crippen LogP contribution is 2.03. The number of aliphatic carboxylic acids is 1. The molecule has 2 unspecified atom stereocenters. The normalized spacial score (nSPS) is 13.3. The predicted molar refractivity (Wildman–Crippen MR) is 77.6 cm³/mol. The minimum absolute atomic E-state index is 0.0225. The van der Waals surface area contributed by atoms with Crippen LogP contribution in [0.2, 0.25) is 0 Å². The summed E-state index contributed by atoms with van der Waals surface area (Å²) in [6.07, 6.45) is 1.19. The van der Waals surface area contributed by atoms with Crippen LogP contribution in [0.4, 0.5) is 4.79 Å². The van der Waals surface area contributed by atoms with E-state index in [1.165, 1.54) is 5.56 Å². The van der Waals surface area contributed by atoms with Gasteiger partial charge in [-0.25, -0.2) is 4.79 Å². The summed E-state index contributed by atoms with van der Waals surface area (Å²) in [4.78, 5) is 22.3. The van der Waals surface area contributed by atoms with Crippen molar-refractivity contribution >= 4 is 12.0 Å². The Morgan fingerprint density at radius 2 is 1.85 bits per heavy atom. The molecule has 1 aromatic rings. The lowest BCUT2D eigenvalue weighted by molar-refractivity contribution is -0.141. The van der Waals surface area contributed by atoms with Gasteiger partial charge in [0.25, 0.3) is 0 Å². The molecule has 0 spiro atoms.